The lowest BCUT2D eigenvalue weighted by atomic mass is 9.79. The van der Waals surface area contributed by atoms with Crippen molar-refractivity contribution in [1.82, 2.24) is 19.6 Å². The first kappa shape index (κ1) is 19.4. The Labute approximate surface area is 157 Å². The highest BCUT2D eigenvalue weighted by Gasteiger charge is 2.31. The number of hydrogen-bond acceptors (Lipinski definition) is 4. The van der Waals surface area contributed by atoms with Crippen LogP contribution in [0.15, 0.2) is 6.07 Å². The molecule has 0 radical (unpaired) electrons. The highest BCUT2D eigenvalue weighted by molar-refractivity contribution is 5.92. The fraction of sp³-hybridized carbons (Fsp3) is 0.800. The zero-order chi connectivity index (χ0) is 18.5. The van der Waals surface area contributed by atoms with Crippen molar-refractivity contribution in [2.45, 2.75) is 46.1 Å². The van der Waals surface area contributed by atoms with Crippen molar-refractivity contribution in [2.75, 3.05) is 46.4 Å². The highest BCUT2D eigenvalue weighted by atomic mass is 16.5. The number of ether oxygens (including phenoxy) is 1. The van der Waals surface area contributed by atoms with Crippen molar-refractivity contribution < 1.29 is 9.53 Å². The van der Waals surface area contributed by atoms with Gasteiger partial charge in [0.1, 0.15) is 5.69 Å². The molecule has 1 aromatic rings. The van der Waals surface area contributed by atoms with Gasteiger partial charge in [-0.25, -0.2) is 0 Å². The average molecular weight is 363 g/mol. The lowest BCUT2D eigenvalue weighted by molar-refractivity contribution is 0.0600. The predicted molar refractivity (Wildman–Crippen MR) is 102 cm³/mol. The summed E-state index contributed by atoms with van der Waals surface area (Å²) in [7, 11) is 2.22. The number of carbonyl (C=O) groups is 1. The third-order valence-electron chi connectivity index (χ3n) is 6.03. The number of nitrogens with zero attached hydrogens (tertiary/aromatic N) is 4. The Bertz CT molecular complexity index is 585. The molecule has 0 N–H and O–H groups in total. The summed E-state index contributed by atoms with van der Waals surface area (Å²) in [5, 5.41) is 4.48. The zero-order valence-electron chi connectivity index (χ0n) is 16.6. The van der Waals surface area contributed by atoms with Crippen molar-refractivity contribution in [1.29, 1.82) is 0 Å². The Morgan fingerprint density at radius 3 is 2.38 bits per heavy atom. The molecule has 0 atom stereocenters. The molecule has 2 saturated heterocycles. The van der Waals surface area contributed by atoms with Crippen molar-refractivity contribution in [3.05, 3.63) is 17.5 Å². The van der Waals surface area contributed by atoms with Crippen LogP contribution in [-0.2, 0) is 11.3 Å². The van der Waals surface area contributed by atoms with Gasteiger partial charge in [-0.05, 0) is 77.6 Å². The molecule has 6 nitrogen and oxygen atoms in total. The Morgan fingerprint density at radius 1 is 1.15 bits per heavy atom. The number of rotatable bonds is 6. The molecule has 0 aliphatic carbocycles. The molecule has 6 heteroatoms. The van der Waals surface area contributed by atoms with E-state index in [1.807, 2.05) is 29.5 Å². The number of aromatic nitrogens is 2. The van der Waals surface area contributed by atoms with Crippen molar-refractivity contribution >= 4 is 5.91 Å². The molecule has 3 heterocycles. The molecule has 26 heavy (non-hydrogen) atoms. The van der Waals surface area contributed by atoms with Crippen LogP contribution < -0.4 is 0 Å². The average Bonchev–Trinajstić information content (AvgIpc) is 3.03. The fourth-order valence-corrected chi connectivity index (χ4v) is 4.42. The van der Waals surface area contributed by atoms with Gasteiger partial charge >= 0.3 is 0 Å². The molecule has 3 rings (SSSR count). The maximum Gasteiger partial charge on any atom is 0.272 e. The minimum atomic E-state index is 0.129. The van der Waals surface area contributed by atoms with E-state index in [-0.39, 0.29) is 5.91 Å². The molecule has 0 bridgehead atoms. The van der Waals surface area contributed by atoms with E-state index in [1.165, 1.54) is 25.9 Å². The molecule has 1 aromatic heterocycles. The standard InChI is InChI=1S/C20H34N4O2/c1-4-26-14-13-24-19(15-16(2)21-24)20(25)23-11-7-18(8-12-23)17-5-9-22(3)10-6-17/h15,17-18H,4-14H2,1-3H3. The van der Waals surface area contributed by atoms with Gasteiger partial charge in [-0.15, -0.1) is 0 Å². The Balaban J connectivity index is 1.55. The largest absolute Gasteiger partial charge is 0.380 e. The number of carbonyl (C=O) groups excluding carboxylic acids is 1. The van der Waals surface area contributed by atoms with E-state index >= 15 is 0 Å². The predicted octanol–water partition coefficient (Wildman–Crippen LogP) is 2.42. The highest BCUT2D eigenvalue weighted by Crippen LogP contribution is 2.32. The smallest absolute Gasteiger partial charge is 0.272 e. The van der Waals surface area contributed by atoms with Crippen molar-refractivity contribution in [3.8, 4) is 0 Å². The summed E-state index contributed by atoms with van der Waals surface area (Å²) in [6.45, 7) is 10.1. The van der Waals surface area contributed by atoms with E-state index < -0.39 is 0 Å². The monoisotopic (exact) mass is 362 g/mol. The molecular weight excluding hydrogens is 328 g/mol. The zero-order valence-corrected chi connectivity index (χ0v) is 16.6. The maximum absolute atomic E-state index is 13.0. The van der Waals surface area contributed by atoms with Gasteiger partial charge in [0, 0.05) is 19.7 Å². The van der Waals surface area contributed by atoms with Gasteiger partial charge in [0.05, 0.1) is 18.8 Å². The molecular formula is C20H34N4O2. The Kier molecular flexibility index (Phi) is 6.70. The summed E-state index contributed by atoms with van der Waals surface area (Å²) in [5.41, 5.74) is 1.60. The second kappa shape index (κ2) is 9.00. The summed E-state index contributed by atoms with van der Waals surface area (Å²) in [6.07, 6.45) is 4.93. The normalized spacial score (nSPS) is 20.7. The fourth-order valence-electron chi connectivity index (χ4n) is 4.42. The summed E-state index contributed by atoms with van der Waals surface area (Å²) >= 11 is 0. The van der Waals surface area contributed by atoms with Gasteiger partial charge in [0.25, 0.3) is 5.91 Å². The SMILES string of the molecule is CCOCCn1nc(C)cc1C(=O)N1CCC(C2CCN(C)CC2)CC1. The van der Waals surface area contributed by atoms with Gasteiger partial charge in [-0.1, -0.05) is 0 Å². The van der Waals surface area contributed by atoms with Crippen LogP contribution in [0.3, 0.4) is 0 Å². The molecule has 0 saturated carbocycles. The second-order valence-electron chi connectivity index (χ2n) is 7.86. The van der Waals surface area contributed by atoms with Crippen LogP contribution in [-0.4, -0.2) is 71.9 Å². The van der Waals surface area contributed by atoms with Crippen LogP contribution in [0.25, 0.3) is 0 Å². The van der Waals surface area contributed by atoms with E-state index in [4.69, 9.17) is 4.74 Å². The van der Waals surface area contributed by atoms with Gasteiger partial charge in [0.2, 0.25) is 0 Å². The quantitative estimate of drug-likeness (QED) is 0.730. The molecule has 146 valence electrons. The first-order chi connectivity index (χ1) is 12.6. The Hall–Kier alpha value is -1.40. The number of amides is 1. The number of hydrogen-bond donors (Lipinski definition) is 0. The summed E-state index contributed by atoms with van der Waals surface area (Å²) in [6, 6.07) is 1.91. The van der Waals surface area contributed by atoms with Crippen LogP contribution in [0.2, 0.25) is 0 Å². The third-order valence-corrected chi connectivity index (χ3v) is 6.03. The van der Waals surface area contributed by atoms with Gasteiger partial charge < -0.3 is 14.5 Å². The van der Waals surface area contributed by atoms with E-state index in [2.05, 4.69) is 17.0 Å². The molecule has 0 unspecified atom stereocenters. The lowest BCUT2D eigenvalue weighted by Crippen LogP contribution is -2.42. The summed E-state index contributed by atoms with van der Waals surface area (Å²) in [5.74, 6) is 1.77. The summed E-state index contributed by atoms with van der Waals surface area (Å²) < 4.78 is 7.24. The minimum Gasteiger partial charge on any atom is -0.380 e. The minimum absolute atomic E-state index is 0.129. The van der Waals surface area contributed by atoms with Crippen LogP contribution in [0.4, 0.5) is 0 Å². The van der Waals surface area contributed by atoms with Crippen LogP contribution in [0, 0.1) is 18.8 Å². The molecule has 0 spiro atoms. The van der Waals surface area contributed by atoms with Gasteiger partial charge in [-0.2, -0.15) is 5.10 Å². The molecule has 1 amide bonds. The first-order valence-corrected chi connectivity index (χ1v) is 10.2. The molecule has 2 aliphatic rings. The molecule has 2 aliphatic heterocycles. The second-order valence-corrected chi connectivity index (χ2v) is 7.86. The van der Waals surface area contributed by atoms with E-state index in [0.29, 0.717) is 25.5 Å². The van der Waals surface area contributed by atoms with Crippen molar-refractivity contribution in [2.24, 2.45) is 11.8 Å². The molecule has 0 aromatic carbocycles. The topological polar surface area (TPSA) is 50.6 Å². The lowest BCUT2D eigenvalue weighted by Gasteiger charge is -2.39. The van der Waals surface area contributed by atoms with E-state index in [1.54, 1.807) is 0 Å². The number of aryl methyl sites for hydroxylation is 1. The third kappa shape index (κ3) is 4.65. The van der Waals surface area contributed by atoms with E-state index in [9.17, 15) is 4.79 Å². The van der Waals surface area contributed by atoms with Gasteiger partial charge in [0.15, 0.2) is 0 Å². The van der Waals surface area contributed by atoms with Crippen LogP contribution >= 0.6 is 0 Å². The Morgan fingerprint density at radius 2 is 1.77 bits per heavy atom. The number of likely N-dealkylation sites (tertiary alicyclic amines) is 2. The maximum atomic E-state index is 13.0. The molecule has 2 fully saturated rings. The first-order valence-electron chi connectivity index (χ1n) is 10.2. The number of piperidine rings is 2. The van der Waals surface area contributed by atoms with E-state index in [0.717, 1.165) is 43.5 Å². The van der Waals surface area contributed by atoms with Crippen LogP contribution in [0.5, 0.6) is 0 Å². The summed E-state index contributed by atoms with van der Waals surface area (Å²) in [4.78, 5) is 17.5. The van der Waals surface area contributed by atoms with Crippen LogP contribution in [0.1, 0.15) is 48.8 Å². The van der Waals surface area contributed by atoms with Gasteiger partial charge in [-0.3, -0.25) is 9.48 Å². The van der Waals surface area contributed by atoms with Crippen molar-refractivity contribution in [3.63, 3.8) is 0 Å².